The van der Waals surface area contributed by atoms with Crippen LogP contribution in [-0.4, -0.2) is 65.3 Å². The third kappa shape index (κ3) is 5.58. The number of carboxylic acid groups (broad SMARTS) is 1. The van der Waals surface area contributed by atoms with Crippen LogP contribution in [0.3, 0.4) is 0 Å². The summed E-state index contributed by atoms with van der Waals surface area (Å²) in [5.74, 6) is -0.534. The molecular weight excluding hydrogens is 392 g/mol. The number of hydrogen-bond acceptors (Lipinski definition) is 6. The zero-order valence-corrected chi connectivity index (χ0v) is 17.5. The fourth-order valence-electron chi connectivity index (χ4n) is 4.08. The molecule has 0 bridgehead atoms. The Labute approximate surface area is 182 Å². The van der Waals surface area contributed by atoms with Crippen LogP contribution in [0.1, 0.15) is 33.4 Å². The molecule has 4 rings (SSSR count). The molecule has 0 spiro atoms. The van der Waals surface area contributed by atoms with Gasteiger partial charge < -0.3 is 14.9 Å². The SMILES string of the molecule is O=C(O)c1cc(CNCCN2CCN(C(c3ccccc3)c3ccccc3)CC2)on1. The molecule has 0 saturated carbocycles. The molecule has 7 nitrogen and oxygen atoms in total. The molecular formula is C24H28N4O3. The van der Waals surface area contributed by atoms with E-state index in [2.05, 4.69) is 80.9 Å². The number of carboxylic acids is 1. The lowest BCUT2D eigenvalue weighted by Gasteiger charge is -2.39. The van der Waals surface area contributed by atoms with Gasteiger partial charge in [-0.2, -0.15) is 0 Å². The van der Waals surface area contributed by atoms with Crippen LogP contribution in [0, 0.1) is 0 Å². The Morgan fingerprint density at radius 2 is 1.61 bits per heavy atom. The number of nitrogens with zero attached hydrogens (tertiary/aromatic N) is 3. The van der Waals surface area contributed by atoms with Crippen LogP contribution in [0.25, 0.3) is 0 Å². The van der Waals surface area contributed by atoms with E-state index in [1.807, 2.05) is 0 Å². The third-order valence-electron chi connectivity index (χ3n) is 5.68. The van der Waals surface area contributed by atoms with Crippen molar-refractivity contribution in [1.82, 2.24) is 20.3 Å². The van der Waals surface area contributed by atoms with E-state index in [-0.39, 0.29) is 11.7 Å². The van der Waals surface area contributed by atoms with Gasteiger partial charge in [0, 0.05) is 45.3 Å². The first-order valence-electron chi connectivity index (χ1n) is 10.7. The highest BCUT2D eigenvalue weighted by Gasteiger charge is 2.26. The second kappa shape index (κ2) is 10.3. The number of piperazine rings is 1. The minimum atomic E-state index is -1.07. The van der Waals surface area contributed by atoms with Crippen molar-refractivity contribution in [1.29, 1.82) is 0 Å². The fraction of sp³-hybridized carbons (Fsp3) is 0.333. The summed E-state index contributed by atoms with van der Waals surface area (Å²) in [7, 11) is 0. The number of hydrogen-bond donors (Lipinski definition) is 2. The normalized spacial score (nSPS) is 15.4. The van der Waals surface area contributed by atoms with Gasteiger partial charge in [0.15, 0.2) is 11.5 Å². The van der Waals surface area contributed by atoms with Gasteiger partial charge in [0.2, 0.25) is 0 Å². The Kier molecular flexibility index (Phi) is 7.09. The lowest BCUT2D eigenvalue weighted by Crippen LogP contribution is -2.49. The molecule has 0 radical (unpaired) electrons. The van der Waals surface area contributed by atoms with Gasteiger partial charge in [-0.15, -0.1) is 0 Å². The topological polar surface area (TPSA) is 81.8 Å². The van der Waals surface area contributed by atoms with Crippen LogP contribution >= 0.6 is 0 Å². The van der Waals surface area contributed by atoms with Gasteiger partial charge in [0.05, 0.1) is 12.6 Å². The van der Waals surface area contributed by atoms with E-state index < -0.39 is 5.97 Å². The van der Waals surface area contributed by atoms with Crippen molar-refractivity contribution in [3.05, 3.63) is 89.3 Å². The van der Waals surface area contributed by atoms with Gasteiger partial charge in [-0.3, -0.25) is 9.80 Å². The minimum absolute atomic E-state index is 0.0562. The molecule has 2 aromatic carbocycles. The molecule has 1 saturated heterocycles. The van der Waals surface area contributed by atoms with Crippen LogP contribution in [-0.2, 0) is 6.54 Å². The maximum atomic E-state index is 10.9. The van der Waals surface area contributed by atoms with Crippen LogP contribution in [0.15, 0.2) is 71.3 Å². The van der Waals surface area contributed by atoms with Crippen molar-refractivity contribution in [2.75, 3.05) is 39.3 Å². The van der Waals surface area contributed by atoms with Crippen molar-refractivity contribution < 1.29 is 14.4 Å². The maximum Gasteiger partial charge on any atom is 0.358 e. The number of aromatic nitrogens is 1. The molecule has 2 heterocycles. The van der Waals surface area contributed by atoms with Crippen molar-refractivity contribution >= 4 is 5.97 Å². The molecule has 31 heavy (non-hydrogen) atoms. The van der Waals surface area contributed by atoms with E-state index in [9.17, 15) is 4.79 Å². The Balaban J connectivity index is 1.27. The predicted molar refractivity (Wildman–Crippen MR) is 118 cm³/mol. The van der Waals surface area contributed by atoms with E-state index in [1.165, 1.54) is 17.2 Å². The summed E-state index contributed by atoms with van der Waals surface area (Å²) < 4.78 is 5.03. The van der Waals surface area contributed by atoms with Gasteiger partial charge >= 0.3 is 5.97 Å². The van der Waals surface area contributed by atoms with E-state index in [1.54, 1.807) is 0 Å². The first-order valence-corrected chi connectivity index (χ1v) is 10.7. The van der Waals surface area contributed by atoms with Crippen LogP contribution in [0.2, 0.25) is 0 Å². The molecule has 3 aromatic rings. The fourth-order valence-corrected chi connectivity index (χ4v) is 4.08. The van der Waals surface area contributed by atoms with E-state index in [0.29, 0.717) is 12.3 Å². The van der Waals surface area contributed by atoms with Crippen molar-refractivity contribution in [3.8, 4) is 0 Å². The lowest BCUT2D eigenvalue weighted by atomic mass is 9.96. The highest BCUT2D eigenvalue weighted by molar-refractivity contribution is 5.85. The maximum absolute atomic E-state index is 10.9. The molecule has 0 atom stereocenters. The van der Waals surface area contributed by atoms with Gasteiger partial charge in [-0.25, -0.2) is 4.79 Å². The largest absolute Gasteiger partial charge is 0.476 e. The van der Waals surface area contributed by atoms with Crippen LogP contribution in [0.4, 0.5) is 0 Å². The summed E-state index contributed by atoms with van der Waals surface area (Å²) >= 11 is 0. The monoisotopic (exact) mass is 420 g/mol. The van der Waals surface area contributed by atoms with Crippen molar-refractivity contribution in [3.63, 3.8) is 0 Å². The third-order valence-corrected chi connectivity index (χ3v) is 5.68. The number of rotatable bonds is 9. The Bertz CT molecular complexity index is 914. The summed E-state index contributed by atoms with van der Waals surface area (Å²) in [6, 6.07) is 23.2. The molecule has 1 aromatic heterocycles. The molecule has 162 valence electrons. The number of benzene rings is 2. The number of carbonyl (C=O) groups is 1. The Morgan fingerprint density at radius 3 is 2.16 bits per heavy atom. The van der Waals surface area contributed by atoms with E-state index >= 15 is 0 Å². The summed E-state index contributed by atoms with van der Waals surface area (Å²) in [6.45, 7) is 6.28. The van der Waals surface area contributed by atoms with Gasteiger partial charge in [0.1, 0.15) is 0 Å². The molecule has 1 aliphatic rings. The molecule has 2 N–H and O–H groups in total. The molecule has 0 amide bonds. The Morgan fingerprint density at radius 1 is 1.00 bits per heavy atom. The van der Waals surface area contributed by atoms with Gasteiger partial charge in [-0.05, 0) is 11.1 Å². The minimum Gasteiger partial charge on any atom is -0.476 e. The first-order chi connectivity index (χ1) is 15.2. The van der Waals surface area contributed by atoms with Crippen molar-refractivity contribution in [2.45, 2.75) is 12.6 Å². The molecule has 1 aliphatic heterocycles. The quantitative estimate of drug-likeness (QED) is 0.515. The summed E-state index contributed by atoms with van der Waals surface area (Å²) in [4.78, 5) is 15.9. The number of aromatic carboxylic acids is 1. The highest BCUT2D eigenvalue weighted by Crippen LogP contribution is 2.29. The summed E-state index contributed by atoms with van der Waals surface area (Å²) in [5.41, 5.74) is 2.60. The smallest absolute Gasteiger partial charge is 0.358 e. The number of nitrogens with one attached hydrogen (secondary N) is 1. The first kappa shape index (κ1) is 21.2. The zero-order chi connectivity index (χ0) is 21.5. The molecule has 0 aliphatic carbocycles. The summed E-state index contributed by atoms with van der Waals surface area (Å²) in [6.07, 6.45) is 0. The molecule has 1 fully saturated rings. The average Bonchev–Trinajstić information content (AvgIpc) is 3.29. The average molecular weight is 421 g/mol. The van der Waals surface area contributed by atoms with Gasteiger partial charge in [0.25, 0.3) is 0 Å². The second-order valence-corrected chi connectivity index (χ2v) is 7.76. The highest BCUT2D eigenvalue weighted by atomic mass is 16.5. The molecule has 0 unspecified atom stereocenters. The van der Waals surface area contributed by atoms with Crippen LogP contribution < -0.4 is 5.32 Å². The lowest BCUT2D eigenvalue weighted by molar-refractivity contribution is 0.0685. The zero-order valence-electron chi connectivity index (χ0n) is 17.5. The predicted octanol–water partition coefficient (Wildman–Crippen LogP) is 2.87. The summed E-state index contributed by atoms with van der Waals surface area (Å²) in [5, 5.41) is 15.7. The second-order valence-electron chi connectivity index (χ2n) is 7.76. The van der Waals surface area contributed by atoms with E-state index in [0.717, 1.165) is 39.3 Å². The van der Waals surface area contributed by atoms with E-state index in [4.69, 9.17) is 9.63 Å². The van der Waals surface area contributed by atoms with Crippen molar-refractivity contribution in [2.24, 2.45) is 0 Å². The Hall–Kier alpha value is -3.00. The van der Waals surface area contributed by atoms with Crippen LogP contribution in [0.5, 0.6) is 0 Å². The standard InChI is InChI=1S/C24H28N4O3/c29-24(30)22-17-21(31-26-22)18-25-11-12-27-13-15-28(16-14-27)23(19-7-3-1-4-8-19)20-9-5-2-6-10-20/h1-10,17,23,25H,11-16,18H2,(H,29,30). The molecule has 7 heteroatoms. The van der Waals surface area contributed by atoms with Gasteiger partial charge in [-0.1, -0.05) is 65.8 Å².